The molecule has 0 unspecified atom stereocenters. The lowest BCUT2D eigenvalue weighted by Crippen LogP contribution is -2.49. The number of anilines is 1. The van der Waals surface area contributed by atoms with Crippen LogP contribution in [0.25, 0.3) is 10.9 Å². The Bertz CT molecular complexity index is 1160. The maximum Gasteiger partial charge on any atom is 0.246 e. The quantitative estimate of drug-likeness (QED) is 0.656. The van der Waals surface area contributed by atoms with Gasteiger partial charge in [-0.25, -0.2) is 17.8 Å². The van der Waals surface area contributed by atoms with Crippen molar-refractivity contribution in [1.82, 2.24) is 4.31 Å². The minimum atomic E-state index is -3.85. The summed E-state index contributed by atoms with van der Waals surface area (Å²) in [6.45, 7) is 3.61. The Labute approximate surface area is 169 Å². The van der Waals surface area contributed by atoms with Crippen LogP contribution in [0, 0.1) is 12.7 Å². The van der Waals surface area contributed by atoms with Gasteiger partial charge in [0.2, 0.25) is 15.5 Å². The molecule has 1 fully saturated rings. The van der Waals surface area contributed by atoms with E-state index in [0.717, 1.165) is 28.0 Å². The lowest BCUT2D eigenvalue weighted by Gasteiger charge is -2.35. The number of nitrogens with one attached hydrogen (secondary N) is 1. The number of sulfonamides is 1. The van der Waals surface area contributed by atoms with Gasteiger partial charge in [0, 0.05) is 45.2 Å². The zero-order valence-corrected chi connectivity index (χ0v) is 17.2. The fraction of sp³-hybridized carbons (Fsp3) is 0.286. The van der Waals surface area contributed by atoms with E-state index in [1.807, 2.05) is 25.1 Å². The van der Waals surface area contributed by atoms with Crippen molar-refractivity contribution in [3.63, 3.8) is 0 Å². The van der Waals surface area contributed by atoms with Crippen molar-refractivity contribution in [3.05, 3.63) is 60.0 Å². The molecule has 2 heterocycles. The van der Waals surface area contributed by atoms with Crippen molar-refractivity contribution < 1.29 is 22.5 Å². The lowest BCUT2D eigenvalue weighted by atomic mass is 10.1. The molecule has 0 radical (unpaired) electrons. The van der Waals surface area contributed by atoms with Gasteiger partial charge in [0.1, 0.15) is 16.5 Å². The number of methoxy groups -OCH3 is 1. The molecule has 0 bridgehead atoms. The molecule has 152 valence electrons. The van der Waals surface area contributed by atoms with E-state index in [0.29, 0.717) is 26.2 Å². The first-order valence-corrected chi connectivity index (χ1v) is 10.8. The number of pyridine rings is 1. The molecule has 1 saturated heterocycles. The number of ether oxygens (including phenoxy) is 1. The molecule has 1 N–H and O–H groups in total. The number of aromatic nitrogens is 1. The summed E-state index contributed by atoms with van der Waals surface area (Å²) in [6.07, 6.45) is 0. The molecule has 0 amide bonds. The van der Waals surface area contributed by atoms with Crippen LogP contribution in [-0.4, -0.2) is 46.0 Å². The van der Waals surface area contributed by atoms with Gasteiger partial charge in [-0.05, 0) is 24.3 Å². The molecule has 1 aliphatic heterocycles. The zero-order chi connectivity index (χ0) is 20.6. The molecule has 0 atom stereocenters. The predicted octanol–water partition coefficient (Wildman–Crippen LogP) is 2.62. The van der Waals surface area contributed by atoms with Crippen LogP contribution in [0.2, 0.25) is 0 Å². The largest absolute Gasteiger partial charge is 0.497 e. The van der Waals surface area contributed by atoms with Crippen LogP contribution < -0.4 is 14.6 Å². The molecule has 0 saturated carbocycles. The maximum absolute atomic E-state index is 14.0. The van der Waals surface area contributed by atoms with E-state index in [4.69, 9.17) is 4.74 Å². The molecule has 0 spiro atoms. The molecule has 0 aliphatic carbocycles. The summed E-state index contributed by atoms with van der Waals surface area (Å²) < 4.78 is 46.4. The third-order valence-corrected chi connectivity index (χ3v) is 7.15. The molecular weight excluding hydrogens is 393 g/mol. The number of halogens is 1. The SMILES string of the molecule is COc1ccc2[nH+]c(C)cc(N3CCN(S(=O)(=O)c4ccccc4F)CC3)c2c1. The number of aromatic amines is 1. The Morgan fingerprint density at radius 1 is 1.03 bits per heavy atom. The first-order chi connectivity index (χ1) is 13.9. The molecule has 1 aromatic heterocycles. The minimum absolute atomic E-state index is 0.270. The Kier molecular flexibility index (Phi) is 5.14. The van der Waals surface area contributed by atoms with E-state index < -0.39 is 15.8 Å². The molecule has 2 aromatic carbocycles. The van der Waals surface area contributed by atoms with Gasteiger partial charge < -0.3 is 9.64 Å². The van der Waals surface area contributed by atoms with Crippen LogP contribution in [0.15, 0.2) is 53.4 Å². The molecule has 8 heteroatoms. The Balaban J connectivity index is 1.61. The molecule has 1 aliphatic rings. The number of fused-ring (bicyclic) bond motifs is 1. The first kappa shape index (κ1) is 19.6. The highest BCUT2D eigenvalue weighted by molar-refractivity contribution is 7.89. The molecule has 3 aromatic rings. The summed E-state index contributed by atoms with van der Waals surface area (Å²) in [5, 5.41) is 1.01. The Morgan fingerprint density at radius 2 is 1.76 bits per heavy atom. The second kappa shape index (κ2) is 7.61. The molecule has 4 rings (SSSR count). The van der Waals surface area contributed by atoms with Crippen molar-refractivity contribution in [2.24, 2.45) is 0 Å². The second-order valence-electron chi connectivity index (χ2n) is 7.07. The molecular formula is C21H23FN3O3S+. The smallest absolute Gasteiger partial charge is 0.246 e. The first-order valence-electron chi connectivity index (χ1n) is 9.40. The number of H-pyrrole nitrogens is 1. The number of nitrogens with zero attached hydrogens (tertiary/aromatic N) is 2. The fourth-order valence-electron chi connectivity index (χ4n) is 3.73. The van der Waals surface area contributed by atoms with Crippen molar-refractivity contribution in [1.29, 1.82) is 0 Å². The van der Waals surface area contributed by atoms with Crippen molar-refractivity contribution in [3.8, 4) is 5.75 Å². The number of hydrogen-bond acceptors (Lipinski definition) is 4. The van der Waals surface area contributed by atoms with Gasteiger partial charge in [0.15, 0.2) is 5.69 Å². The van der Waals surface area contributed by atoms with E-state index >= 15 is 0 Å². The standard InChI is InChI=1S/C21H22FN3O3S/c1-15-13-20(17-14-16(28-2)7-8-19(17)23-15)24-9-11-25(12-10-24)29(26,27)21-6-4-3-5-18(21)22/h3-8,13-14H,9-12H2,1-2H3/p+1. The molecule has 29 heavy (non-hydrogen) atoms. The van der Waals surface area contributed by atoms with E-state index in [1.165, 1.54) is 28.6 Å². The van der Waals surface area contributed by atoms with Crippen molar-refractivity contribution in [2.75, 3.05) is 38.2 Å². The van der Waals surface area contributed by atoms with Gasteiger partial charge in [0.05, 0.1) is 18.2 Å². The van der Waals surface area contributed by atoms with Crippen LogP contribution in [0.4, 0.5) is 10.1 Å². The summed E-state index contributed by atoms with van der Waals surface area (Å²) in [6, 6.07) is 13.4. The van der Waals surface area contributed by atoms with E-state index in [-0.39, 0.29) is 4.90 Å². The summed E-state index contributed by atoms with van der Waals surface area (Å²) >= 11 is 0. The fourth-order valence-corrected chi connectivity index (χ4v) is 5.21. The lowest BCUT2D eigenvalue weighted by molar-refractivity contribution is -0.354. The highest BCUT2D eigenvalue weighted by atomic mass is 32.2. The van der Waals surface area contributed by atoms with Crippen LogP contribution in [0.1, 0.15) is 5.69 Å². The summed E-state index contributed by atoms with van der Waals surface area (Å²) in [5.41, 5.74) is 3.03. The van der Waals surface area contributed by atoms with Crippen molar-refractivity contribution in [2.45, 2.75) is 11.8 Å². The van der Waals surface area contributed by atoms with Gasteiger partial charge in [-0.15, -0.1) is 0 Å². The number of rotatable bonds is 4. The zero-order valence-electron chi connectivity index (χ0n) is 16.4. The van der Waals surface area contributed by atoms with E-state index in [9.17, 15) is 12.8 Å². The number of benzene rings is 2. The highest BCUT2D eigenvalue weighted by Gasteiger charge is 2.31. The highest BCUT2D eigenvalue weighted by Crippen LogP contribution is 2.30. The Hall–Kier alpha value is -2.71. The number of hydrogen-bond donors (Lipinski definition) is 0. The van der Waals surface area contributed by atoms with E-state index in [1.54, 1.807) is 7.11 Å². The van der Waals surface area contributed by atoms with Crippen LogP contribution in [0.3, 0.4) is 0 Å². The summed E-state index contributed by atoms with van der Waals surface area (Å²) in [7, 11) is -2.22. The van der Waals surface area contributed by atoms with E-state index in [2.05, 4.69) is 16.0 Å². The van der Waals surface area contributed by atoms with Crippen LogP contribution in [-0.2, 0) is 10.0 Å². The minimum Gasteiger partial charge on any atom is -0.497 e. The average Bonchev–Trinajstić information content (AvgIpc) is 2.73. The van der Waals surface area contributed by atoms with Gasteiger partial charge in [0.25, 0.3) is 0 Å². The monoisotopic (exact) mass is 416 g/mol. The second-order valence-corrected chi connectivity index (χ2v) is 8.98. The number of piperazine rings is 1. The number of aryl methyl sites for hydroxylation is 1. The van der Waals surface area contributed by atoms with Crippen LogP contribution in [0.5, 0.6) is 5.75 Å². The normalized spacial score (nSPS) is 15.6. The Morgan fingerprint density at radius 3 is 2.45 bits per heavy atom. The van der Waals surface area contributed by atoms with Crippen molar-refractivity contribution >= 4 is 26.6 Å². The van der Waals surface area contributed by atoms with Gasteiger partial charge in [-0.3, -0.25) is 0 Å². The third-order valence-electron chi connectivity index (χ3n) is 5.22. The molecule has 6 nitrogen and oxygen atoms in total. The summed E-state index contributed by atoms with van der Waals surface area (Å²) in [4.78, 5) is 5.24. The van der Waals surface area contributed by atoms with Crippen LogP contribution >= 0.6 is 0 Å². The van der Waals surface area contributed by atoms with Gasteiger partial charge in [-0.2, -0.15) is 4.31 Å². The van der Waals surface area contributed by atoms with Gasteiger partial charge in [-0.1, -0.05) is 12.1 Å². The van der Waals surface area contributed by atoms with Gasteiger partial charge >= 0.3 is 0 Å². The predicted molar refractivity (Wildman–Crippen MR) is 109 cm³/mol. The summed E-state index contributed by atoms with van der Waals surface area (Å²) in [5.74, 6) is 0.0407. The maximum atomic E-state index is 14.0. The average molecular weight is 416 g/mol. The third kappa shape index (κ3) is 3.65. The topological polar surface area (TPSA) is 64.0 Å².